The van der Waals surface area contributed by atoms with Gasteiger partial charge < -0.3 is 15.1 Å². The summed E-state index contributed by atoms with van der Waals surface area (Å²) in [7, 11) is 2.14. The maximum atomic E-state index is 12.5. The molecule has 4 nitrogen and oxygen atoms in total. The molecule has 2 heterocycles. The molecule has 3 aliphatic rings. The Morgan fingerprint density at radius 1 is 1.24 bits per heavy atom. The van der Waals surface area contributed by atoms with E-state index in [4.69, 9.17) is 0 Å². The third kappa shape index (κ3) is 2.08. The summed E-state index contributed by atoms with van der Waals surface area (Å²) in [5, 5.41) is 3.51. The zero-order valence-corrected chi connectivity index (χ0v) is 10.7. The molecule has 2 aliphatic heterocycles. The lowest BCUT2D eigenvalue weighted by molar-refractivity contribution is -0.143. The summed E-state index contributed by atoms with van der Waals surface area (Å²) in [6.07, 6.45) is 5.09. The minimum atomic E-state index is 0.122. The van der Waals surface area contributed by atoms with Crippen molar-refractivity contribution in [2.75, 3.05) is 33.2 Å². The van der Waals surface area contributed by atoms with Gasteiger partial charge in [0.1, 0.15) is 0 Å². The van der Waals surface area contributed by atoms with E-state index in [1.165, 1.54) is 25.7 Å². The summed E-state index contributed by atoms with van der Waals surface area (Å²) >= 11 is 0. The summed E-state index contributed by atoms with van der Waals surface area (Å²) in [4.78, 5) is 17.0. The summed E-state index contributed by atoms with van der Waals surface area (Å²) in [5.74, 6) is 0.976. The fourth-order valence-corrected chi connectivity index (χ4v) is 3.66. The van der Waals surface area contributed by atoms with Crippen molar-refractivity contribution in [2.45, 2.75) is 37.8 Å². The number of rotatable bonds is 1. The molecule has 0 aromatic rings. The average molecular weight is 237 g/mol. The van der Waals surface area contributed by atoms with E-state index in [0.717, 1.165) is 26.2 Å². The number of amides is 1. The van der Waals surface area contributed by atoms with Gasteiger partial charge in [0, 0.05) is 26.2 Å². The Labute approximate surface area is 103 Å². The molecule has 1 aliphatic carbocycles. The normalized spacial score (nSPS) is 36.3. The van der Waals surface area contributed by atoms with Crippen molar-refractivity contribution >= 4 is 5.91 Å². The van der Waals surface area contributed by atoms with Crippen LogP contribution >= 0.6 is 0 Å². The van der Waals surface area contributed by atoms with Crippen molar-refractivity contribution in [1.29, 1.82) is 0 Å². The van der Waals surface area contributed by atoms with Gasteiger partial charge in [0.15, 0.2) is 0 Å². The number of hydrogen-bond acceptors (Lipinski definition) is 3. The highest BCUT2D eigenvalue weighted by molar-refractivity contribution is 5.83. The molecule has 1 N–H and O–H groups in total. The lowest BCUT2D eigenvalue weighted by Gasteiger charge is -2.46. The van der Waals surface area contributed by atoms with Crippen molar-refractivity contribution in [3.63, 3.8) is 0 Å². The third-order valence-electron chi connectivity index (χ3n) is 4.68. The van der Waals surface area contributed by atoms with E-state index in [0.29, 0.717) is 17.9 Å². The van der Waals surface area contributed by atoms with Crippen LogP contribution < -0.4 is 5.32 Å². The minimum absolute atomic E-state index is 0.122. The van der Waals surface area contributed by atoms with E-state index in [1.54, 1.807) is 0 Å². The molecular weight excluding hydrogens is 214 g/mol. The molecule has 17 heavy (non-hydrogen) atoms. The molecule has 0 aromatic heterocycles. The molecule has 2 saturated heterocycles. The van der Waals surface area contributed by atoms with Gasteiger partial charge in [-0.1, -0.05) is 12.8 Å². The summed E-state index contributed by atoms with van der Waals surface area (Å²) in [6, 6.07) is 0.524. The van der Waals surface area contributed by atoms with Crippen LogP contribution in [0, 0.1) is 5.92 Å². The zero-order chi connectivity index (χ0) is 11.8. The molecule has 0 aromatic carbocycles. The Hall–Kier alpha value is -0.610. The highest BCUT2D eigenvalue weighted by atomic mass is 16.2. The number of carbonyl (C=O) groups excluding carboxylic acids is 1. The first-order valence-electron chi connectivity index (χ1n) is 6.98. The molecule has 3 fully saturated rings. The van der Waals surface area contributed by atoms with Crippen LogP contribution in [0.15, 0.2) is 0 Å². The second-order valence-electron chi connectivity index (χ2n) is 5.88. The first kappa shape index (κ1) is 11.5. The molecule has 3 rings (SSSR count). The number of carbonyl (C=O) groups is 1. The average Bonchev–Trinajstić information content (AvgIpc) is 2.82. The van der Waals surface area contributed by atoms with E-state index in [2.05, 4.69) is 22.2 Å². The zero-order valence-electron chi connectivity index (χ0n) is 10.7. The van der Waals surface area contributed by atoms with E-state index in [9.17, 15) is 4.79 Å². The second-order valence-corrected chi connectivity index (χ2v) is 5.88. The van der Waals surface area contributed by atoms with Crippen LogP contribution in [0.25, 0.3) is 0 Å². The monoisotopic (exact) mass is 237 g/mol. The van der Waals surface area contributed by atoms with Gasteiger partial charge in [-0.25, -0.2) is 0 Å². The van der Waals surface area contributed by atoms with Crippen LogP contribution in [0.4, 0.5) is 0 Å². The van der Waals surface area contributed by atoms with Crippen LogP contribution in [-0.2, 0) is 4.79 Å². The molecule has 0 spiro atoms. The fraction of sp³-hybridized carbons (Fsp3) is 0.923. The molecule has 1 amide bonds. The molecule has 96 valence electrons. The largest absolute Gasteiger partial charge is 0.334 e. The summed E-state index contributed by atoms with van der Waals surface area (Å²) in [6.45, 7) is 3.96. The second kappa shape index (κ2) is 4.58. The van der Waals surface area contributed by atoms with Gasteiger partial charge in [-0.05, 0) is 25.8 Å². The first-order chi connectivity index (χ1) is 8.25. The quantitative estimate of drug-likeness (QED) is 0.712. The van der Waals surface area contributed by atoms with E-state index in [-0.39, 0.29) is 6.04 Å². The standard InChI is InChI=1S/C13H23N3O/c1-15-6-7-16-11(9-15)8-14-12(13(16)17)10-4-2-3-5-10/h10-12,14H,2-9H2,1H3. The number of fused-ring (bicyclic) bond motifs is 1. The van der Waals surface area contributed by atoms with Crippen molar-refractivity contribution < 1.29 is 4.79 Å². The summed E-state index contributed by atoms with van der Waals surface area (Å²) < 4.78 is 0. The number of likely N-dealkylation sites (N-methyl/N-ethyl adjacent to an activating group) is 1. The molecule has 0 radical (unpaired) electrons. The lowest BCUT2D eigenvalue weighted by Crippen LogP contribution is -2.67. The van der Waals surface area contributed by atoms with Gasteiger partial charge in [-0.3, -0.25) is 4.79 Å². The van der Waals surface area contributed by atoms with E-state index in [1.807, 2.05) is 0 Å². The van der Waals surface area contributed by atoms with Gasteiger partial charge in [0.05, 0.1) is 12.1 Å². The Kier molecular flexibility index (Phi) is 3.09. The van der Waals surface area contributed by atoms with Crippen LogP contribution in [0.1, 0.15) is 25.7 Å². The maximum Gasteiger partial charge on any atom is 0.240 e. The van der Waals surface area contributed by atoms with E-state index >= 15 is 0 Å². The maximum absolute atomic E-state index is 12.5. The van der Waals surface area contributed by atoms with Gasteiger partial charge in [0.2, 0.25) is 5.91 Å². The molecule has 0 bridgehead atoms. The topological polar surface area (TPSA) is 35.6 Å². The molecule has 2 atom stereocenters. The smallest absolute Gasteiger partial charge is 0.240 e. The molecule has 2 unspecified atom stereocenters. The molecule has 4 heteroatoms. The van der Waals surface area contributed by atoms with Gasteiger partial charge in [0.25, 0.3) is 0 Å². The minimum Gasteiger partial charge on any atom is -0.334 e. The Morgan fingerprint density at radius 2 is 2.00 bits per heavy atom. The molecule has 1 saturated carbocycles. The SMILES string of the molecule is CN1CCN2C(=O)C(C3CCCC3)NCC2C1. The highest BCUT2D eigenvalue weighted by Gasteiger charge is 2.41. The predicted molar refractivity (Wildman–Crippen MR) is 66.7 cm³/mol. The van der Waals surface area contributed by atoms with Crippen molar-refractivity contribution in [1.82, 2.24) is 15.1 Å². The van der Waals surface area contributed by atoms with Crippen molar-refractivity contribution in [2.24, 2.45) is 5.92 Å². The Balaban J connectivity index is 1.69. The van der Waals surface area contributed by atoms with Gasteiger partial charge in [-0.15, -0.1) is 0 Å². The van der Waals surface area contributed by atoms with Crippen LogP contribution in [0.3, 0.4) is 0 Å². The van der Waals surface area contributed by atoms with Crippen molar-refractivity contribution in [3.05, 3.63) is 0 Å². The van der Waals surface area contributed by atoms with Gasteiger partial charge in [-0.2, -0.15) is 0 Å². The lowest BCUT2D eigenvalue weighted by atomic mass is 9.93. The fourth-order valence-electron chi connectivity index (χ4n) is 3.66. The summed E-state index contributed by atoms with van der Waals surface area (Å²) in [5.41, 5.74) is 0. The highest BCUT2D eigenvalue weighted by Crippen LogP contribution is 2.30. The van der Waals surface area contributed by atoms with Gasteiger partial charge >= 0.3 is 0 Å². The van der Waals surface area contributed by atoms with Crippen molar-refractivity contribution in [3.8, 4) is 0 Å². The number of nitrogens with one attached hydrogen (secondary N) is 1. The predicted octanol–water partition coefficient (Wildman–Crippen LogP) is 0.291. The molecular formula is C13H23N3O. The van der Waals surface area contributed by atoms with E-state index < -0.39 is 0 Å². The van der Waals surface area contributed by atoms with Crippen LogP contribution in [0.2, 0.25) is 0 Å². The number of hydrogen-bond donors (Lipinski definition) is 1. The van der Waals surface area contributed by atoms with Crippen LogP contribution in [0.5, 0.6) is 0 Å². The number of piperazine rings is 2. The third-order valence-corrected chi connectivity index (χ3v) is 4.68. The number of nitrogens with zero attached hydrogens (tertiary/aromatic N) is 2. The Bertz CT molecular complexity index is 301. The first-order valence-corrected chi connectivity index (χ1v) is 6.98. The van der Waals surface area contributed by atoms with Crippen LogP contribution in [-0.4, -0.2) is 61.0 Å². The Morgan fingerprint density at radius 3 is 2.76 bits per heavy atom.